The summed E-state index contributed by atoms with van der Waals surface area (Å²) in [5.41, 5.74) is 0. The molecule has 0 saturated heterocycles. The van der Waals surface area contributed by atoms with Gasteiger partial charge in [-0.05, 0) is 33.1 Å². The largest absolute Gasteiger partial charge is 0.481 e. The van der Waals surface area contributed by atoms with E-state index in [1.807, 2.05) is 13.8 Å². The molecule has 55 heavy (non-hydrogen) atoms. The number of ether oxygens (including phenoxy) is 3. The maximum Gasteiger partial charge on any atom is 0.475 e. The molecule has 0 aliphatic carbocycles. The number of hydrogen-bond donors (Lipinski definition) is 4. The predicted octanol–water partition coefficient (Wildman–Crippen LogP) is 4.73. The molecule has 0 rings (SSSR count). The van der Waals surface area contributed by atoms with E-state index in [4.69, 9.17) is 51.3 Å². The van der Waals surface area contributed by atoms with Crippen LogP contribution in [0, 0.1) is 0 Å². The summed E-state index contributed by atoms with van der Waals surface area (Å²) in [6, 6.07) is -1.06. The number of rotatable bonds is 31. The minimum absolute atomic E-state index is 0.0103. The first-order valence-electron chi connectivity index (χ1n) is 17.8. The first-order valence-corrected chi connectivity index (χ1v) is 20.7. The van der Waals surface area contributed by atoms with Crippen LogP contribution in [0.2, 0.25) is 0 Å². The van der Waals surface area contributed by atoms with Gasteiger partial charge in [-0.25, -0.2) is 9.13 Å². The van der Waals surface area contributed by atoms with Crippen molar-refractivity contribution >= 4 is 39.4 Å². The number of hydrogen-bond acceptors (Lipinski definition) is 16. The molecule has 0 aliphatic heterocycles. The fraction of sp³-hybridized carbons (Fsp3) is 0.765. The third-order valence-corrected chi connectivity index (χ3v) is 8.50. The monoisotopic (exact) mass is 836 g/mol. The van der Waals surface area contributed by atoms with Crippen LogP contribution in [-0.2, 0) is 69.7 Å². The van der Waals surface area contributed by atoms with Crippen molar-refractivity contribution in [1.29, 1.82) is 0 Å². The number of carboxylic acids is 1. The summed E-state index contributed by atoms with van der Waals surface area (Å²) in [4.78, 5) is 42.5. The highest BCUT2D eigenvalue weighted by Crippen LogP contribution is 2.50. The number of phosphoric ester groups is 2. The Hall–Kier alpha value is -2.54. The second kappa shape index (κ2) is 35.8. The van der Waals surface area contributed by atoms with E-state index < -0.39 is 39.8 Å². The van der Waals surface area contributed by atoms with E-state index in [0.29, 0.717) is 38.9 Å². The molecule has 0 aliphatic rings. The predicted molar refractivity (Wildman–Crippen MR) is 204 cm³/mol. The lowest BCUT2D eigenvalue weighted by Crippen LogP contribution is -2.40. The van der Waals surface area contributed by atoms with E-state index in [0.717, 1.165) is 6.92 Å². The third-order valence-electron chi connectivity index (χ3n) is 5.64. The zero-order chi connectivity index (χ0) is 42.7. The second-order valence-electron chi connectivity index (χ2n) is 11.6. The fourth-order valence-corrected chi connectivity index (χ4v) is 5.98. The molecule has 0 radical (unpaired) electrons. The molecule has 0 aromatic carbocycles. The van der Waals surface area contributed by atoms with Gasteiger partial charge in [-0.1, -0.05) is 26.0 Å². The highest BCUT2D eigenvalue weighted by molar-refractivity contribution is 7.48. The van der Waals surface area contributed by atoms with Gasteiger partial charge in [-0.15, -0.1) is 13.2 Å². The van der Waals surface area contributed by atoms with E-state index in [2.05, 4.69) is 23.8 Å². The Morgan fingerprint density at radius 2 is 1.04 bits per heavy atom. The molecule has 4 N–H and O–H groups in total. The van der Waals surface area contributed by atoms with Crippen LogP contribution in [0.5, 0.6) is 0 Å². The van der Waals surface area contributed by atoms with Crippen molar-refractivity contribution in [2.45, 2.75) is 105 Å². The Kier molecular flexibility index (Phi) is 37.0. The van der Waals surface area contributed by atoms with Crippen LogP contribution < -0.4 is 10.6 Å². The molecule has 6 atom stereocenters. The van der Waals surface area contributed by atoms with Gasteiger partial charge in [0.25, 0.3) is 5.97 Å². The lowest BCUT2D eigenvalue weighted by atomic mass is 10.3. The van der Waals surface area contributed by atoms with Gasteiger partial charge in [0.15, 0.2) is 0 Å². The molecule has 0 aromatic heterocycles. The Labute approximate surface area is 326 Å². The molecule has 0 heterocycles. The molecule has 0 spiro atoms. The van der Waals surface area contributed by atoms with Crippen LogP contribution in [0.15, 0.2) is 25.3 Å². The summed E-state index contributed by atoms with van der Waals surface area (Å²) in [6.45, 7) is 20.5. The number of carboxylic acid groups (broad SMARTS) is 1. The molecular weight excluding hydrogens is 770 g/mol. The molecule has 2 unspecified atom stereocenters. The quantitative estimate of drug-likeness (QED) is 0.0319. The van der Waals surface area contributed by atoms with Crippen LogP contribution in [0.4, 0.5) is 0 Å². The van der Waals surface area contributed by atoms with Gasteiger partial charge in [0, 0.05) is 40.7 Å². The Balaban J connectivity index is -0.000000899. The number of carbonyl (C=O) groups excluding carboxylic acids is 3. The fourth-order valence-electron chi connectivity index (χ4n) is 3.41. The number of phosphoric acid groups is 2. The van der Waals surface area contributed by atoms with Crippen molar-refractivity contribution in [3.05, 3.63) is 25.3 Å². The van der Waals surface area contributed by atoms with Crippen LogP contribution in [0.25, 0.3) is 0 Å². The molecule has 21 heteroatoms. The van der Waals surface area contributed by atoms with Crippen molar-refractivity contribution in [2.24, 2.45) is 0 Å². The topological polar surface area (TPSA) is 250 Å². The van der Waals surface area contributed by atoms with Gasteiger partial charge in [-0.2, -0.15) is 0 Å². The minimum Gasteiger partial charge on any atom is -0.481 e. The normalized spacial score (nSPS) is 15.1. The molecule has 0 aromatic rings. The number of carbonyl (C=O) groups is 4. The molecule has 0 bridgehead atoms. The van der Waals surface area contributed by atoms with Crippen LogP contribution in [-0.4, -0.2) is 124 Å². The molecule has 0 saturated carbocycles. The van der Waals surface area contributed by atoms with Crippen LogP contribution in [0.1, 0.15) is 81.1 Å². The van der Waals surface area contributed by atoms with Crippen molar-refractivity contribution < 1.29 is 79.9 Å². The average molecular weight is 837 g/mol. The van der Waals surface area contributed by atoms with Crippen molar-refractivity contribution in [1.82, 2.24) is 10.6 Å². The highest BCUT2D eigenvalue weighted by atomic mass is 31.2. The number of aliphatic hydroxyl groups is 1. The third kappa shape index (κ3) is 40.9. The zero-order valence-electron chi connectivity index (χ0n) is 33.7. The molecule has 0 fully saturated rings. The number of aliphatic hydroxyl groups excluding tert-OH is 1. The number of amides is 2. The molecule has 19 nitrogen and oxygen atoms in total. The number of esters is 1. The smallest absolute Gasteiger partial charge is 0.475 e. The first-order chi connectivity index (χ1) is 25.8. The van der Waals surface area contributed by atoms with Gasteiger partial charge in [0.2, 0.25) is 11.8 Å². The summed E-state index contributed by atoms with van der Waals surface area (Å²) in [5, 5.41) is 21.9. The van der Waals surface area contributed by atoms with Crippen molar-refractivity contribution in [3.8, 4) is 0 Å². The average Bonchev–Trinajstić information content (AvgIpc) is 3.09. The maximum atomic E-state index is 12.5. The summed E-state index contributed by atoms with van der Waals surface area (Å²) >= 11 is 0. The van der Waals surface area contributed by atoms with Crippen molar-refractivity contribution in [2.75, 3.05) is 66.1 Å². The van der Waals surface area contributed by atoms with Gasteiger partial charge in [0.05, 0.1) is 77.6 Å². The molecule has 2 amide bonds. The standard InChI is InChI=1S/C17H32NO8P.C15H30NO7P.C2H4O2/c1-6-9-23-27(21,24-10-7-2)25-13-17(18-15(4)19)12-22-11-8-14(3)26-16(5)20;1-5-8-21-24(19,22-9-6-2)23-12-15(16-14(4)18)11-20-10-7-13(3)17;1-2(3)4/h6,14,17H,1,7-13H2,2-5H3,(H,18,19);5,13,15,17H,1,6-12H2,2-4H3,(H,16,18);1H3,(H,3,4)/t14-,17-,27?;13-,15-,24?;/m11./s1. The minimum atomic E-state index is -3.76. The zero-order valence-corrected chi connectivity index (χ0v) is 35.5. The summed E-state index contributed by atoms with van der Waals surface area (Å²) in [6.07, 6.45) is 4.43. The van der Waals surface area contributed by atoms with E-state index in [9.17, 15) is 28.6 Å². The van der Waals surface area contributed by atoms with Crippen LogP contribution >= 0.6 is 15.6 Å². The van der Waals surface area contributed by atoms with Crippen molar-refractivity contribution in [3.63, 3.8) is 0 Å². The summed E-state index contributed by atoms with van der Waals surface area (Å²) < 4.78 is 72.1. The van der Waals surface area contributed by atoms with Gasteiger partial charge < -0.3 is 35.1 Å². The first kappa shape index (κ1) is 56.8. The molecule has 324 valence electrons. The van der Waals surface area contributed by atoms with Gasteiger partial charge in [0.1, 0.15) is 6.10 Å². The summed E-state index contributed by atoms with van der Waals surface area (Å²) in [7, 11) is -7.48. The Bertz CT molecular complexity index is 1150. The highest BCUT2D eigenvalue weighted by Gasteiger charge is 2.29. The Morgan fingerprint density at radius 1 is 0.655 bits per heavy atom. The number of aliphatic carboxylic acids is 1. The van der Waals surface area contributed by atoms with Gasteiger partial charge in [-0.3, -0.25) is 46.3 Å². The van der Waals surface area contributed by atoms with Crippen LogP contribution in [0.3, 0.4) is 0 Å². The van der Waals surface area contributed by atoms with E-state index in [-0.39, 0.29) is 76.7 Å². The SMILES string of the molecule is C=CCOP(=O)(OCCC)OC[C@@H](COCC[C@@H](C)O)NC(C)=O.C=CCOP(=O)(OCCC)OC[C@@H](COCC[C@@H](C)OC(C)=O)NC(C)=O.CC(=O)O. The van der Waals surface area contributed by atoms with E-state index >= 15 is 0 Å². The lowest BCUT2D eigenvalue weighted by Gasteiger charge is -2.22. The molecular formula is C34H66N2O17P2. The summed E-state index contributed by atoms with van der Waals surface area (Å²) in [5.74, 6) is -1.73. The second-order valence-corrected chi connectivity index (χ2v) is 15.0. The number of nitrogens with one attached hydrogen (secondary N) is 2. The maximum absolute atomic E-state index is 12.5. The lowest BCUT2D eigenvalue weighted by molar-refractivity contribution is -0.146. The van der Waals surface area contributed by atoms with Gasteiger partial charge >= 0.3 is 21.6 Å². The Morgan fingerprint density at radius 3 is 1.35 bits per heavy atom. The van der Waals surface area contributed by atoms with E-state index in [1.54, 1.807) is 13.8 Å². The van der Waals surface area contributed by atoms with E-state index in [1.165, 1.54) is 32.9 Å².